The molecule has 0 bridgehead atoms. The molecule has 0 radical (unpaired) electrons. The Morgan fingerprint density at radius 1 is 1.18 bits per heavy atom. The second kappa shape index (κ2) is 6.72. The Bertz CT molecular complexity index is 216. The number of hydrogen-bond donors (Lipinski definition) is 1. The van der Waals surface area contributed by atoms with Gasteiger partial charge in [0, 0.05) is 25.7 Å². The molecule has 1 heterocycles. The van der Waals surface area contributed by atoms with Gasteiger partial charge in [-0.05, 0) is 51.6 Å². The van der Waals surface area contributed by atoms with Crippen LogP contribution in [0.2, 0.25) is 0 Å². The van der Waals surface area contributed by atoms with Crippen LogP contribution in [0.5, 0.6) is 0 Å². The SMILES string of the molecule is CCN(C1CCCNC1)C1CCCC(OC)C1. The summed E-state index contributed by atoms with van der Waals surface area (Å²) in [6.45, 7) is 5.89. The molecule has 3 nitrogen and oxygen atoms in total. The van der Waals surface area contributed by atoms with Crippen molar-refractivity contribution < 1.29 is 4.74 Å². The lowest BCUT2D eigenvalue weighted by atomic mass is 9.90. The van der Waals surface area contributed by atoms with Crippen molar-refractivity contribution in [3.8, 4) is 0 Å². The smallest absolute Gasteiger partial charge is 0.0586 e. The highest BCUT2D eigenvalue weighted by molar-refractivity contribution is 4.86. The molecule has 1 saturated heterocycles. The third kappa shape index (κ3) is 3.43. The molecular formula is C14H28N2O. The van der Waals surface area contributed by atoms with Gasteiger partial charge in [0.1, 0.15) is 0 Å². The van der Waals surface area contributed by atoms with E-state index in [0.29, 0.717) is 6.10 Å². The number of methoxy groups -OCH3 is 1. The molecule has 0 aromatic carbocycles. The van der Waals surface area contributed by atoms with E-state index in [4.69, 9.17) is 4.74 Å². The molecule has 100 valence electrons. The summed E-state index contributed by atoms with van der Waals surface area (Å²) >= 11 is 0. The Morgan fingerprint density at radius 2 is 2.00 bits per heavy atom. The van der Waals surface area contributed by atoms with E-state index in [0.717, 1.165) is 12.1 Å². The van der Waals surface area contributed by atoms with Crippen molar-refractivity contribution in [1.82, 2.24) is 10.2 Å². The largest absolute Gasteiger partial charge is 0.381 e. The zero-order valence-corrected chi connectivity index (χ0v) is 11.5. The number of ether oxygens (including phenoxy) is 1. The predicted molar refractivity (Wildman–Crippen MR) is 71.3 cm³/mol. The summed E-state index contributed by atoms with van der Waals surface area (Å²) in [4.78, 5) is 2.73. The Labute approximate surface area is 106 Å². The first-order valence-corrected chi connectivity index (χ1v) is 7.34. The van der Waals surface area contributed by atoms with Crippen LogP contribution in [0.15, 0.2) is 0 Å². The van der Waals surface area contributed by atoms with Gasteiger partial charge < -0.3 is 10.1 Å². The van der Waals surface area contributed by atoms with Crippen LogP contribution in [0.25, 0.3) is 0 Å². The van der Waals surface area contributed by atoms with Crippen LogP contribution >= 0.6 is 0 Å². The van der Waals surface area contributed by atoms with Crippen LogP contribution < -0.4 is 5.32 Å². The minimum Gasteiger partial charge on any atom is -0.381 e. The highest BCUT2D eigenvalue weighted by atomic mass is 16.5. The van der Waals surface area contributed by atoms with Crippen molar-refractivity contribution in [1.29, 1.82) is 0 Å². The molecule has 0 spiro atoms. The topological polar surface area (TPSA) is 24.5 Å². The summed E-state index contributed by atoms with van der Waals surface area (Å²) in [7, 11) is 1.87. The Balaban J connectivity index is 1.91. The molecule has 1 aliphatic carbocycles. The van der Waals surface area contributed by atoms with E-state index < -0.39 is 0 Å². The monoisotopic (exact) mass is 240 g/mol. The lowest BCUT2D eigenvalue weighted by Crippen LogP contribution is -2.52. The zero-order chi connectivity index (χ0) is 12.1. The highest BCUT2D eigenvalue weighted by Gasteiger charge is 2.30. The molecule has 1 N–H and O–H groups in total. The summed E-state index contributed by atoms with van der Waals surface area (Å²) in [6, 6.07) is 1.51. The highest BCUT2D eigenvalue weighted by Crippen LogP contribution is 2.27. The van der Waals surface area contributed by atoms with Gasteiger partial charge in [0.2, 0.25) is 0 Å². The Hall–Kier alpha value is -0.120. The number of nitrogens with one attached hydrogen (secondary N) is 1. The van der Waals surface area contributed by atoms with Gasteiger partial charge in [0.25, 0.3) is 0 Å². The van der Waals surface area contributed by atoms with Crippen molar-refractivity contribution in [3.05, 3.63) is 0 Å². The second-order valence-corrected chi connectivity index (χ2v) is 5.51. The zero-order valence-electron chi connectivity index (χ0n) is 11.5. The van der Waals surface area contributed by atoms with Crippen LogP contribution in [0.1, 0.15) is 45.4 Å². The molecule has 1 saturated carbocycles. The summed E-state index contributed by atoms with van der Waals surface area (Å²) in [6.07, 6.45) is 8.40. The van der Waals surface area contributed by atoms with Crippen LogP contribution in [-0.4, -0.2) is 49.8 Å². The fourth-order valence-corrected chi connectivity index (χ4v) is 3.57. The van der Waals surface area contributed by atoms with Crippen molar-refractivity contribution in [3.63, 3.8) is 0 Å². The fraction of sp³-hybridized carbons (Fsp3) is 1.00. The first kappa shape index (κ1) is 13.3. The molecule has 0 aromatic heterocycles. The second-order valence-electron chi connectivity index (χ2n) is 5.51. The van der Waals surface area contributed by atoms with E-state index in [1.807, 2.05) is 7.11 Å². The summed E-state index contributed by atoms with van der Waals surface area (Å²) in [5, 5.41) is 3.54. The summed E-state index contributed by atoms with van der Waals surface area (Å²) < 4.78 is 5.56. The normalized spacial score (nSPS) is 35.1. The predicted octanol–water partition coefficient (Wildman–Crippen LogP) is 2.02. The minimum atomic E-state index is 0.499. The summed E-state index contributed by atoms with van der Waals surface area (Å²) in [5.74, 6) is 0. The van der Waals surface area contributed by atoms with E-state index >= 15 is 0 Å². The standard InChI is InChI=1S/C14H28N2O/c1-3-16(13-7-5-9-15-11-13)12-6-4-8-14(10-12)17-2/h12-15H,3-11H2,1-2H3. The molecule has 3 unspecified atom stereocenters. The van der Waals surface area contributed by atoms with E-state index in [-0.39, 0.29) is 0 Å². The fourth-order valence-electron chi connectivity index (χ4n) is 3.57. The number of likely N-dealkylation sites (N-methyl/N-ethyl adjacent to an activating group) is 1. The Kier molecular flexibility index (Phi) is 5.26. The molecule has 3 atom stereocenters. The van der Waals surface area contributed by atoms with Gasteiger partial charge in [-0.3, -0.25) is 4.90 Å². The van der Waals surface area contributed by atoms with Gasteiger partial charge in [-0.25, -0.2) is 0 Å². The van der Waals surface area contributed by atoms with Gasteiger partial charge >= 0.3 is 0 Å². The van der Waals surface area contributed by atoms with Gasteiger partial charge in [0.05, 0.1) is 6.10 Å². The van der Waals surface area contributed by atoms with E-state index in [9.17, 15) is 0 Å². The van der Waals surface area contributed by atoms with Crippen LogP contribution in [0.4, 0.5) is 0 Å². The number of hydrogen-bond acceptors (Lipinski definition) is 3. The first-order chi connectivity index (χ1) is 8.35. The average Bonchev–Trinajstić information content (AvgIpc) is 2.41. The molecule has 0 aromatic rings. The van der Waals surface area contributed by atoms with E-state index in [1.165, 1.54) is 58.2 Å². The van der Waals surface area contributed by atoms with Crippen LogP contribution in [0.3, 0.4) is 0 Å². The quantitative estimate of drug-likeness (QED) is 0.813. The molecule has 17 heavy (non-hydrogen) atoms. The molecule has 2 rings (SSSR count). The van der Waals surface area contributed by atoms with Crippen molar-refractivity contribution in [2.75, 3.05) is 26.7 Å². The van der Waals surface area contributed by atoms with Crippen LogP contribution in [-0.2, 0) is 4.74 Å². The van der Waals surface area contributed by atoms with Gasteiger partial charge in [-0.2, -0.15) is 0 Å². The maximum absolute atomic E-state index is 5.56. The molecule has 3 heteroatoms. The van der Waals surface area contributed by atoms with E-state index in [2.05, 4.69) is 17.1 Å². The first-order valence-electron chi connectivity index (χ1n) is 7.34. The van der Waals surface area contributed by atoms with Gasteiger partial charge in [-0.1, -0.05) is 6.92 Å². The molecule has 2 fully saturated rings. The maximum atomic E-state index is 5.56. The molecule has 2 aliphatic rings. The molecular weight excluding hydrogens is 212 g/mol. The number of nitrogens with zero attached hydrogens (tertiary/aromatic N) is 1. The lowest BCUT2D eigenvalue weighted by molar-refractivity contribution is 0.0121. The van der Waals surface area contributed by atoms with Crippen molar-refractivity contribution in [2.45, 2.75) is 63.6 Å². The third-order valence-electron chi connectivity index (χ3n) is 4.51. The molecule has 1 aliphatic heterocycles. The maximum Gasteiger partial charge on any atom is 0.0586 e. The van der Waals surface area contributed by atoms with Gasteiger partial charge in [-0.15, -0.1) is 0 Å². The third-order valence-corrected chi connectivity index (χ3v) is 4.51. The Morgan fingerprint density at radius 3 is 2.65 bits per heavy atom. The average molecular weight is 240 g/mol. The molecule has 0 amide bonds. The van der Waals surface area contributed by atoms with Crippen molar-refractivity contribution in [2.24, 2.45) is 0 Å². The minimum absolute atomic E-state index is 0.499. The van der Waals surface area contributed by atoms with E-state index in [1.54, 1.807) is 0 Å². The van der Waals surface area contributed by atoms with Gasteiger partial charge in [0.15, 0.2) is 0 Å². The van der Waals surface area contributed by atoms with Crippen molar-refractivity contribution >= 4 is 0 Å². The number of rotatable bonds is 4. The number of piperidine rings is 1. The van der Waals surface area contributed by atoms with Crippen LogP contribution in [0, 0.1) is 0 Å². The lowest BCUT2D eigenvalue weighted by Gasteiger charge is -2.42. The summed E-state index contributed by atoms with van der Waals surface area (Å²) in [5.41, 5.74) is 0.